The Kier molecular flexibility index (Phi) is 26.1. The van der Waals surface area contributed by atoms with Crippen molar-refractivity contribution >= 4 is 93.0 Å². The van der Waals surface area contributed by atoms with Crippen molar-refractivity contribution in [1.82, 2.24) is 0 Å². The van der Waals surface area contributed by atoms with Crippen molar-refractivity contribution in [2.75, 3.05) is 26.4 Å². The van der Waals surface area contributed by atoms with Gasteiger partial charge in [0.05, 0.1) is 58.5 Å². The molecule has 0 radical (unpaired) electrons. The molecule has 0 atom stereocenters. The molecule has 2 aromatic carbocycles. The van der Waals surface area contributed by atoms with E-state index in [2.05, 4.69) is 0 Å². The van der Waals surface area contributed by atoms with E-state index in [4.69, 9.17) is 18.9 Å². The van der Waals surface area contributed by atoms with Gasteiger partial charge in [0.1, 0.15) is 20.2 Å². The van der Waals surface area contributed by atoms with E-state index in [9.17, 15) is 45.1 Å². The normalized spacial score (nSPS) is 11.0. The third-order valence-electron chi connectivity index (χ3n) is 7.34. The standard InChI is InChI=1S/2C18H26O7S.Ba/c2*1-3-5-7-11-24-17(19)14-9-10-15(16(13-14)26(21,22)23)18(20)25-12-8-6-4-2;/h2*9-10,13H,3-8,11-12H2,1-2H3,(H,21,22,23);/q;;+2/p-2. The average molecular weight is 908 g/mol. The molecule has 292 valence electrons. The second kappa shape index (κ2) is 27.3. The van der Waals surface area contributed by atoms with Gasteiger partial charge in [-0.1, -0.05) is 79.1 Å². The van der Waals surface area contributed by atoms with Crippen LogP contribution in [0.15, 0.2) is 46.2 Å². The van der Waals surface area contributed by atoms with Crippen LogP contribution < -0.4 is 0 Å². The van der Waals surface area contributed by atoms with E-state index in [0.717, 1.165) is 75.6 Å². The largest absolute Gasteiger partial charge is 2.00 e. The molecule has 0 amide bonds. The molecule has 0 fully saturated rings. The second-order valence-corrected chi connectivity index (χ2v) is 14.4. The monoisotopic (exact) mass is 908 g/mol. The van der Waals surface area contributed by atoms with E-state index in [0.29, 0.717) is 25.7 Å². The maximum atomic E-state index is 12.1. The zero-order valence-electron chi connectivity index (χ0n) is 31.0. The number of carbonyl (C=O) groups excluding carboxylic acids is 4. The fraction of sp³-hybridized carbons (Fsp3) is 0.556. The van der Waals surface area contributed by atoms with Crippen LogP contribution in [0.5, 0.6) is 0 Å². The Labute approximate surface area is 353 Å². The van der Waals surface area contributed by atoms with Crippen LogP contribution in [0.1, 0.15) is 146 Å². The van der Waals surface area contributed by atoms with Gasteiger partial charge < -0.3 is 28.1 Å². The van der Waals surface area contributed by atoms with Gasteiger partial charge in [0.25, 0.3) is 0 Å². The summed E-state index contributed by atoms with van der Waals surface area (Å²) in [5.41, 5.74) is -0.949. The van der Waals surface area contributed by atoms with Crippen LogP contribution in [-0.2, 0) is 39.2 Å². The Morgan fingerprint density at radius 2 is 0.736 bits per heavy atom. The molecule has 0 aliphatic heterocycles. The number of unbranched alkanes of at least 4 members (excludes halogenated alkanes) is 8. The van der Waals surface area contributed by atoms with Gasteiger partial charge in [0.15, 0.2) is 0 Å². The van der Waals surface area contributed by atoms with Crippen molar-refractivity contribution < 1.29 is 64.1 Å². The second-order valence-electron chi connectivity index (χ2n) is 11.7. The number of esters is 4. The topological polar surface area (TPSA) is 220 Å². The zero-order valence-corrected chi connectivity index (χ0v) is 37.1. The number of hydrogen-bond donors (Lipinski definition) is 0. The number of rotatable bonds is 22. The molecule has 0 heterocycles. The van der Waals surface area contributed by atoms with Crippen molar-refractivity contribution in [3.05, 3.63) is 58.7 Å². The molecule has 0 unspecified atom stereocenters. The van der Waals surface area contributed by atoms with Crippen LogP contribution in [0, 0.1) is 0 Å². The Morgan fingerprint density at radius 3 is 0.981 bits per heavy atom. The summed E-state index contributed by atoms with van der Waals surface area (Å²) in [5, 5.41) is 0. The Hall–Kier alpha value is -2.29. The van der Waals surface area contributed by atoms with Gasteiger partial charge in [-0.25, -0.2) is 36.0 Å². The predicted octanol–water partition coefficient (Wildman–Crippen LogP) is 6.19. The summed E-state index contributed by atoms with van der Waals surface area (Å²) in [5.74, 6) is -3.29. The fourth-order valence-electron chi connectivity index (χ4n) is 4.44. The molecule has 53 heavy (non-hydrogen) atoms. The van der Waals surface area contributed by atoms with Crippen molar-refractivity contribution in [3.8, 4) is 0 Å². The summed E-state index contributed by atoms with van der Waals surface area (Å²) in [6.45, 7) is 8.66. The Bertz CT molecular complexity index is 1550. The summed E-state index contributed by atoms with van der Waals surface area (Å²) in [7, 11) is -9.92. The van der Waals surface area contributed by atoms with E-state index in [1.165, 1.54) is 12.1 Å². The first-order chi connectivity index (χ1) is 24.6. The first-order valence-corrected chi connectivity index (χ1v) is 20.3. The summed E-state index contributed by atoms with van der Waals surface area (Å²) in [6, 6.07) is 6.45. The molecule has 2 aromatic rings. The molecule has 0 saturated heterocycles. The van der Waals surface area contributed by atoms with Crippen molar-refractivity contribution in [2.45, 2.75) is 115 Å². The van der Waals surface area contributed by atoms with Crippen molar-refractivity contribution in [1.29, 1.82) is 0 Å². The van der Waals surface area contributed by atoms with Gasteiger partial charge in [-0.15, -0.1) is 0 Å². The van der Waals surface area contributed by atoms with E-state index in [-0.39, 0.29) is 97.6 Å². The molecule has 0 bridgehead atoms. The first-order valence-electron chi connectivity index (χ1n) is 17.5. The van der Waals surface area contributed by atoms with Crippen LogP contribution in [0.3, 0.4) is 0 Å². The SMILES string of the molecule is CCCCCOC(=O)c1ccc(C(=O)OCCCCC)c(S(=O)(=O)[O-])c1.CCCCCOC(=O)c1ccc(C(=O)OCCCCC)c(S(=O)(=O)[O-])c1.[Ba+2]. The van der Waals surface area contributed by atoms with E-state index in [1.807, 2.05) is 27.7 Å². The quantitative estimate of drug-likeness (QED) is 0.0423. The molecule has 17 heteroatoms. The van der Waals surface area contributed by atoms with E-state index >= 15 is 0 Å². The maximum absolute atomic E-state index is 12.1. The summed E-state index contributed by atoms with van der Waals surface area (Å²) in [4.78, 5) is 46.5. The van der Waals surface area contributed by atoms with Gasteiger partial charge >= 0.3 is 72.8 Å². The minimum atomic E-state index is -4.96. The third-order valence-corrected chi connectivity index (χ3v) is 9.09. The van der Waals surface area contributed by atoms with Gasteiger partial charge in [-0.3, -0.25) is 0 Å². The van der Waals surface area contributed by atoms with Crippen LogP contribution >= 0.6 is 0 Å². The van der Waals surface area contributed by atoms with E-state index < -0.39 is 53.9 Å². The molecule has 0 aromatic heterocycles. The molecule has 0 aliphatic carbocycles. The molecular formula is C36H50BaO14S2. The van der Waals surface area contributed by atoms with Gasteiger partial charge in [0, 0.05) is 0 Å². The first kappa shape index (κ1) is 50.7. The molecule has 14 nitrogen and oxygen atoms in total. The van der Waals surface area contributed by atoms with Crippen LogP contribution in [0.4, 0.5) is 0 Å². The smallest absolute Gasteiger partial charge is 0.744 e. The summed E-state index contributed by atoms with van der Waals surface area (Å²) >= 11 is 0. The maximum Gasteiger partial charge on any atom is 2.00 e. The zero-order chi connectivity index (χ0) is 39.2. The number of carbonyl (C=O) groups is 4. The minimum Gasteiger partial charge on any atom is -0.744 e. The minimum absolute atomic E-state index is 0. The molecule has 0 aliphatic rings. The van der Waals surface area contributed by atoms with E-state index in [1.54, 1.807) is 0 Å². The molecule has 2 rings (SSSR count). The Balaban J connectivity index is 0.00000100. The Morgan fingerprint density at radius 1 is 0.472 bits per heavy atom. The average Bonchev–Trinajstić information content (AvgIpc) is 3.11. The number of benzene rings is 2. The molecule has 0 N–H and O–H groups in total. The van der Waals surface area contributed by atoms with Crippen molar-refractivity contribution in [3.63, 3.8) is 0 Å². The summed E-state index contributed by atoms with van der Waals surface area (Å²) < 4.78 is 89.0. The number of hydrogen-bond acceptors (Lipinski definition) is 14. The van der Waals surface area contributed by atoms with Crippen LogP contribution in [0.2, 0.25) is 0 Å². The van der Waals surface area contributed by atoms with Crippen molar-refractivity contribution in [2.24, 2.45) is 0 Å². The van der Waals surface area contributed by atoms with Gasteiger partial charge in [0.2, 0.25) is 0 Å². The number of ether oxygens (including phenoxy) is 4. The van der Waals surface area contributed by atoms with Gasteiger partial charge in [-0.2, -0.15) is 0 Å². The van der Waals surface area contributed by atoms with Crippen LogP contribution in [-0.4, -0.2) is 125 Å². The van der Waals surface area contributed by atoms with Crippen LogP contribution in [0.25, 0.3) is 0 Å². The summed E-state index contributed by atoms with van der Waals surface area (Å²) in [6.07, 6.45) is 10.00. The third kappa shape index (κ3) is 19.7. The fourth-order valence-corrected chi connectivity index (χ4v) is 5.82. The predicted molar refractivity (Wildman–Crippen MR) is 194 cm³/mol. The van der Waals surface area contributed by atoms with Gasteiger partial charge in [-0.05, 0) is 62.1 Å². The molecule has 0 spiro atoms. The molecule has 0 saturated carbocycles. The molecular weight excluding hydrogens is 858 g/mol.